The van der Waals surface area contributed by atoms with Gasteiger partial charge in [0.15, 0.2) is 5.82 Å². The standard InChI is InChI=1S/C14H23N3O3/c1-9(2)14-15-12(20-16-14)6-7-13(19)17(3)8-11(18)10-4-5-10/h9-11,18H,4-8H2,1-3H3. The maximum atomic E-state index is 12.0. The van der Waals surface area contributed by atoms with Gasteiger partial charge in [-0.2, -0.15) is 4.98 Å². The second kappa shape index (κ2) is 6.35. The van der Waals surface area contributed by atoms with Crippen molar-refractivity contribution < 1.29 is 14.4 Å². The lowest BCUT2D eigenvalue weighted by Gasteiger charge is -2.20. The van der Waals surface area contributed by atoms with E-state index in [1.165, 1.54) is 0 Å². The lowest BCUT2D eigenvalue weighted by atomic mass is 10.2. The molecule has 1 aromatic heterocycles. The van der Waals surface area contributed by atoms with Gasteiger partial charge in [-0.3, -0.25) is 4.79 Å². The van der Waals surface area contributed by atoms with Crippen LogP contribution >= 0.6 is 0 Å². The maximum absolute atomic E-state index is 12.0. The van der Waals surface area contributed by atoms with Gasteiger partial charge in [-0.25, -0.2) is 0 Å². The Labute approximate surface area is 119 Å². The lowest BCUT2D eigenvalue weighted by molar-refractivity contribution is -0.131. The van der Waals surface area contributed by atoms with Crippen molar-refractivity contribution in [3.05, 3.63) is 11.7 Å². The van der Waals surface area contributed by atoms with Crippen LogP contribution in [-0.4, -0.2) is 45.8 Å². The summed E-state index contributed by atoms with van der Waals surface area (Å²) in [6.45, 7) is 4.39. The molecule has 1 saturated carbocycles. The van der Waals surface area contributed by atoms with E-state index in [-0.39, 0.29) is 17.9 Å². The van der Waals surface area contributed by atoms with Crippen molar-refractivity contribution in [2.75, 3.05) is 13.6 Å². The number of aromatic nitrogens is 2. The number of rotatable bonds is 7. The summed E-state index contributed by atoms with van der Waals surface area (Å²) in [6, 6.07) is 0. The van der Waals surface area contributed by atoms with Crippen LogP contribution in [0.1, 0.15) is 50.7 Å². The van der Waals surface area contributed by atoms with Gasteiger partial charge in [0, 0.05) is 32.4 Å². The highest BCUT2D eigenvalue weighted by Crippen LogP contribution is 2.32. The van der Waals surface area contributed by atoms with Crippen molar-refractivity contribution >= 4 is 5.91 Å². The Morgan fingerprint density at radius 2 is 2.20 bits per heavy atom. The molecule has 1 N–H and O–H groups in total. The summed E-state index contributed by atoms with van der Waals surface area (Å²) >= 11 is 0. The molecule has 1 amide bonds. The third kappa shape index (κ3) is 4.03. The predicted molar refractivity (Wildman–Crippen MR) is 73.1 cm³/mol. The van der Waals surface area contributed by atoms with Gasteiger partial charge in [-0.05, 0) is 18.8 Å². The highest BCUT2D eigenvalue weighted by Gasteiger charge is 2.31. The molecule has 1 unspecified atom stereocenters. The van der Waals surface area contributed by atoms with Crippen molar-refractivity contribution in [1.29, 1.82) is 0 Å². The molecule has 6 heteroatoms. The number of aryl methyl sites for hydroxylation is 1. The summed E-state index contributed by atoms with van der Waals surface area (Å²) in [4.78, 5) is 17.8. The van der Waals surface area contributed by atoms with Gasteiger partial charge in [0.05, 0.1) is 6.10 Å². The molecule has 1 fully saturated rings. The summed E-state index contributed by atoms with van der Waals surface area (Å²) in [5.74, 6) is 1.77. The van der Waals surface area contributed by atoms with E-state index in [0.717, 1.165) is 12.8 Å². The molecule has 2 rings (SSSR count). The number of aliphatic hydroxyl groups excluding tert-OH is 1. The number of hydrogen-bond acceptors (Lipinski definition) is 5. The minimum absolute atomic E-state index is 0.00556. The number of hydrogen-bond donors (Lipinski definition) is 1. The Bertz CT molecular complexity index is 454. The van der Waals surface area contributed by atoms with Crippen LogP contribution in [0.15, 0.2) is 4.52 Å². The van der Waals surface area contributed by atoms with Crippen LogP contribution in [-0.2, 0) is 11.2 Å². The Morgan fingerprint density at radius 3 is 2.75 bits per heavy atom. The lowest BCUT2D eigenvalue weighted by Crippen LogP contribution is -2.35. The minimum atomic E-state index is -0.389. The van der Waals surface area contributed by atoms with Crippen LogP contribution < -0.4 is 0 Å². The molecule has 1 aliphatic rings. The van der Waals surface area contributed by atoms with Gasteiger partial charge in [0.1, 0.15) is 0 Å². The highest BCUT2D eigenvalue weighted by atomic mass is 16.5. The number of carbonyl (C=O) groups is 1. The summed E-state index contributed by atoms with van der Waals surface area (Å²) in [5, 5.41) is 13.7. The van der Waals surface area contributed by atoms with Gasteiger partial charge in [0.2, 0.25) is 11.8 Å². The van der Waals surface area contributed by atoms with E-state index in [1.807, 2.05) is 13.8 Å². The monoisotopic (exact) mass is 281 g/mol. The molecular formula is C14H23N3O3. The Balaban J connectivity index is 1.75. The van der Waals surface area contributed by atoms with Crippen molar-refractivity contribution in [3.8, 4) is 0 Å². The minimum Gasteiger partial charge on any atom is -0.391 e. The van der Waals surface area contributed by atoms with E-state index in [9.17, 15) is 9.90 Å². The maximum Gasteiger partial charge on any atom is 0.227 e. The molecule has 1 heterocycles. The largest absolute Gasteiger partial charge is 0.391 e. The van der Waals surface area contributed by atoms with E-state index in [4.69, 9.17) is 4.52 Å². The van der Waals surface area contributed by atoms with Crippen LogP contribution in [0, 0.1) is 5.92 Å². The first-order valence-electron chi connectivity index (χ1n) is 7.22. The summed E-state index contributed by atoms with van der Waals surface area (Å²) < 4.78 is 5.10. The van der Waals surface area contributed by atoms with Crippen molar-refractivity contribution in [2.45, 2.75) is 51.6 Å². The van der Waals surface area contributed by atoms with Gasteiger partial charge >= 0.3 is 0 Å². The van der Waals surface area contributed by atoms with E-state index in [1.54, 1.807) is 11.9 Å². The zero-order valence-corrected chi connectivity index (χ0v) is 12.4. The molecule has 0 radical (unpaired) electrons. The van der Waals surface area contributed by atoms with Crippen LogP contribution in [0.25, 0.3) is 0 Å². The smallest absolute Gasteiger partial charge is 0.227 e. The Kier molecular flexibility index (Phi) is 4.75. The molecule has 6 nitrogen and oxygen atoms in total. The van der Waals surface area contributed by atoms with Crippen molar-refractivity contribution in [1.82, 2.24) is 15.0 Å². The summed E-state index contributed by atoms with van der Waals surface area (Å²) in [5.41, 5.74) is 0. The number of nitrogens with zero attached hydrogens (tertiary/aromatic N) is 3. The fraction of sp³-hybridized carbons (Fsp3) is 0.786. The Hall–Kier alpha value is -1.43. The molecule has 112 valence electrons. The van der Waals surface area contributed by atoms with Gasteiger partial charge in [0.25, 0.3) is 0 Å². The zero-order valence-electron chi connectivity index (χ0n) is 12.4. The van der Waals surface area contributed by atoms with E-state index >= 15 is 0 Å². The van der Waals surface area contributed by atoms with E-state index in [2.05, 4.69) is 10.1 Å². The number of amides is 1. The second-order valence-electron chi connectivity index (χ2n) is 5.88. The topological polar surface area (TPSA) is 79.5 Å². The Morgan fingerprint density at radius 1 is 1.50 bits per heavy atom. The normalized spacial score (nSPS) is 16.4. The SMILES string of the molecule is CC(C)c1noc(CCC(=O)N(C)CC(O)C2CC2)n1. The average Bonchev–Trinajstić information content (AvgIpc) is 3.14. The third-order valence-corrected chi connectivity index (χ3v) is 3.61. The third-order valence-electron chi connectivity index (χ3n) is 3.61. The first kappa shape index (κ1) is 15.0. The summed E-state index contributed by atoms with van der Waals surface area (Å²) in [7, 11) is 1.72. The van der Waals surface area contributed by atoms with Crippen molar-refractivity contribution in [2.24, 2.45) is 5.92 Å². The molecule has 0 saturated heterocycles. The first-order valence-corrected chi connectivity index (χ1v) is 7.22. The molecular weight excluding hydrogens is 258 g/mol. The fourth-order valence-corrected chi connectivity index (χ4v) is 2.02. The number of aliphatic hydroxyl groups is 1. The molecule has 0 spiro atoms. The van der Waals surface area contributed by atoms with Gasteiger partial charge in [-0.1, -0.05) is 19.0 Å². The summed E-state index contributed by atoms with van der Waals surface area (Å²) in [6.07, 6.45) is 2.53. The molecule has 1 atom stereocenters. The average molecular weight is 281 g/mol. The van der Waals surface area contributed by atoms with E-state index < -0.39 is 0 Å². The molecule has 0 bridgehead atoms. The van der Waals surface area contributed by atoms with Crippen LogP contribution in [0.2, 0.25) is 0 Å². The molecule has 0 aromatic carbocycles. The van der Waals surface area contributed by atoms with Crippen LogP contribution in [0.5, 0.6) is 0 Å². The molecule has 1 aromatic rings. The van der Waals surface area contributed by atoms with Crippen molar-refractivity contribution in [3.63, 3.8) is 0 Å². The number of carbonyl (C=O) groups excluding carboxylic acids is 1. The van der Waals surface area contributed by atoms with Gasteiger partial charge < -0.3 is 14.5 Å². The molecule has 0 aliphatic heterocycles. The van der Waals surface area contributed by atoms with Crippen LogP contribution in [0.3, 0.4) is 0 Å². The quantitative estimate of drug-likeness (QED) is 0.816. The fourth-order valence-electron chi connectivity index (χ4n) is 2.02. The van der Waals surface area contributed by atoms with Crippen LogP contribution in [0.4, 0.5) is 0 Å². The second-order valence-corrected chi connectivity index (χ2v) is 5.88. The zero-order chi connectivity index (χ0) is 14.7. The van der Waals surface area contributed by atoms with E-state index in [0.29, 0.717) is 37.0 Å². The highest BCUT2D eigenvalue weighted by molar-refractivity contribution is 5.76. The number of likely N-dealkylation sites (N-methyl/N-ethyl adjacent to an activating group) is 1. The first-order chi connectivity index (χ1) is 9.47. The predicted octanol–water partition coefficient (Wildman–Crippen LogP) is 1.35. The molecule has 1 aliphatic carbocycles. The molecule has 20 heavy (non-hydrogen) atoms. The van der Waals surface area contributed by atoms with Gasteiger partial charge in [-0.15, -0.1) is 0 Å².